The van der Waals surface area contributed by atoms with Crippen molar-refractivity contribution >= 4 is 23.5 Å². The molecule has 2 heterocycles. The van der Waals surface area contributed by atoms with Crippen LogP contribution >= 0.6 is 23.5 Å². The van der Waals surface area contributed by atoms with Gasteiger partial charge in [0.05, 0.1) is 0 Å². The Labute approximate surface area is 112 Å². The zero-order valence-electron chi connectivity index (χ0n) is 10.6. The molecule has 2 nitrogen and oxygen atoms in total. The number of aromatic nitrogens is 1. The lowest BCUT2D eigenvalue weighted by Gasteiger charge is -2.35. The molecule has 0 saturated carbocycles. The molecule has 0 aliphatic carbocycles. The van der Waals surface area contributed by atoms with E-state index in [2.05, 4.69) is 53.7 Å². The van der Waals surface area contributed by atoms with Crippen molar-refractivity contribution in [3.63, 3.8) is 0 Å². The van der Waals surface area contributed by atoms with Crippen molar-refractivity contribution in [2.24, 2.45) is 0 Å². The first-order chi connectivity index (χ1) is 8.22. The van der Waals surface area contributed by atoms with E-state index in [0.29, 0.717) is 11.3 Å². The van der Waals surface area contributed by atoms with Crippen LogP contribution in [0.4, 0.5) is 0 Å². The predicted molar refractivity (Wildman–Crippen MR) is 78.8 cm³/mol. The highest BCUT2D eigenvalue weighted by Gasteiger charge is 2.31. The first-order valence-corrected chi connectivity index (χ1v) is 8.05. The van der Waals surface area contributed by atoms with Crippen LogP contribution in [-0.4, -0.2) is 33.5 Å². The molecule has 4 atom stereocenters. The standard InChI is InChI=1S/C13H20N2S2/c1-9-10(2)17-12(8-16-9)13(14-3)11-5-4-6-15-7-11/h4-7,9-10,12-14H,8H2,1-3H3. The highest BCUT2D eigenvalue weighted by Crippen LogP contribution is 2.40. The van der Waals surface area contributed by atoms with Gasteiger partial charge in [-0.15, -0.1) is 0 Å². The number of rotatable bonds is 3. The van der Waals surface area contributed by atoms with Gasteiger partial charge in [0, 0.05) is 39.9 Å². The summed E-state index contributed by atoms with van der Waals surface area (Å²) in [5, 5.41) is 5.58. The highest BCUT2D eigenvalue weighted by atomic mass is 32.2. The summed E-state index contributed by atoms with van der Waals surface area (Å²) in [5.41, 5.74) is 1.30. The van der Waals surface area contributed by atoms with E-state index in [1.807, 2.05) is 25.5 Å². The minimum Gasteiger partial charge on any atom is -0.312 e. The molecule has 1 fully saturated rings. The van der Waals surface area contributed by atoms with Crippen molar-refractivity contribution in [3.8, 4) is 0 Å². The van der Waals surface area contributed by atoms with Crippen LogP contribution in [0, 0.1) is 0 Å². The molecule has 1 aromatic rings. The van der Waals surface area contributed by atoms with Crippen LogP contribution in [0.1, 0.15) is 25.5 Å². The van der Waals surface area contributed by atoms with Crippen LogP contribution in [0.5, 0.6) is 0 Å². The topological polar surface area (TPSA) is 24.9 Å². The van der Waals surface area contributed by atoms with Gasteiger partial charge in [0.15, 0.2) is 0 Å². The lowest BCUT2D eigenvalue weighted by molar-refractivity contribution is 0.586. The second kappa shape index (κ2) is 6.12. The second-order valence-electron chi connectivity index (χ2n) is 4.47. The van der Waals surface area contributed by atoms with Gasteiger partial charge < -0.3 is 5.32 Å². The summed E-state index contributed by atoms with van der Waals surface area (Å²) >= 11 is 4.20. The molecule has 17 heavy (non-hydrogen) atoms. The van der Waals surface area contributed by atoms with Gasteiger partial charge in [-0.25, -0.2) is 0 Å². The molecule has 0 aromatic carbocycles. The molecule has 4 heteroatoms. The first-order valence-electron chi connectivity index (χ1n) is 6.06. The maximum absolute atomic E-state index is 4.23. The second-order valence-corrected chi connectivity index (χ2v) is 7.50. The zero-order chi connectivity index (χ0) is 12.3. The average Bonchev–Trinajstić information content (AvgIpc) is 2.36. The number of pyridine rings is 1. The Bertz CT molecular complexity index is 345. The molecular weight excluding hydrogens is 248 g/mol. The summed E-state index contributed by atoms with van der Waals surface area (Å²) in [6.45, 7) is 4.67. The van der Waals surface area contributed by atoms with Crippen molar-refractivity contribution < 1.29 is 0 Å². The van der Waals surface area contributed by atoms with E-state index in [4.69, 9.17) is 0 Å². The lowest BCUT2D eigenvalue weighted by Crippen LogP contribution is -2.35. The minimum atomic E-state index is 0.413. The van der Waals surface area contributed by atoms with Gasteiger partial charge in [0.1, 0.15) is 0 Å². The molecule has 4 unspecified atom stereocenters. The normalized spacial score (nSPS) is 31.1. The van der Waals surface area contributed by atoms with Crippen molar-refractivity contribution in [1.82, 2.24) is 10.3 Å². The molecule has 1 aliphatic rings. The van der Waals surface area contributed by atoms with Gasteiger partial charge in [0.2, 0.25) is 0 Å². The number of hydrogen-bond donors (Lipinski definition) is 1. The molecule has 0 radical (unpaired) electrons. The van der Waals surface area contributed by atoms with Crippen molar-refractivity contribution in [3.05, 3.63) is 30.1 Å². The number of thioether (sulfide) groups is 2. The smallest absolute Gasteiger partial charge is 0.0461 e. The Morgan fingerprint density at radius 3 is 2.82 bits per heavy atom. The maximum Gasteiger partial charge on any atom is 0.0461 e. The number of nitrogens with zero attached hydrogens (tertiary/aromatic N) is 1. The largest absolute Gasteiger partial charge is 0.312 e. The molecule has 0 amide bonds. The number of nitrogens with one attached hydrogen (secondary N) is 1. The molecule has 0 spiro atoms. The quantitative estimate of drug-likeness (QED) is 0.911. The molecule has 0 bridgehead atoms. The van der Waals surface area contributed by atoms with E-state index in [9.17, 15) is 0 Å². The monoisotopic (exact) mass is 268 g/mol. The van der Waals surface area contributed by atoms with Crippen molar-refractivity contribution in [1.29, 1.82) is 0 Å². The van der Waals surface area contributed by atoms with Gasteiger partial charge in [-0.1, -0.05) is 19.9 Å². The lowest BCUT2D eigenvalue weighted by atomic mass is 10.1. The van der Waals surface area contributed by atoms with Crippen LogP contribution in [-0.2, 0) is 0 Å². The molecule has 1 saturated heterocycles. The van der Waals surface area contributed by atoms with E-state index < -0.39 is 0 Å². The van der Waals surface area contributed by atoms with Gasteiger partial charge in [-0.05, 0) is 18.7 Å². The average molecular weight is 268 g/mol. The van der Waals surface area contributed by atoms with Gasteiger partial charge in [0.25, 0.3) is 0 Å². The Balaban J connectivity index is 2.09. The summed E-state index contributed by atoms with van der Waals surface area (Å²) in [6, 6.07) is 4.60. The van der Waals surface area contributed by atoms with Crippen LogP contribution in [0.25, 0.3) is 0 Å². The van der Waals surface area contributed by atoms with Gasteiger partial charge >= 0.3 is 0 Å². The fraction of sp³-hybridized carbons (Fsp3) is 0.615. The molecular formula is C13H20N2S2. The Hall–Kier alpha value is -0.190. The summed E-state index contributed by atoms with van der Waals surface area (Å²) in [6.07, 6.45) is 3.82. The van der Waals surface area contributed by atoms with E-state index in [0.717, 1.165) is 10.5 Å². The third-order valence-corrected chi connectivity index (χ3v) is 6.80. The van der Waals surface area contributed by atoms with Crippen molar-refractivity contribution in [2.45, 2.75) is 35.6 Å². The van der Waals surface area contributed by atoms with Crippen LogP contribution in [0.2, 0.25) is 0 Å². The third-order valence-electron chi connectivity index (χ3n) is 3.30. The molecule has 1 N–H and O–H groups in total. The minimum absolute atomic E-state index is 0.413. The van der Waals surface area contributed by atoms with Crippen LogP contribution in [0.3, 0.4) is 0 Å². The fourth-order valence-corrected chi connectivity index (χ4v) is 5.27. The Kier molecular flexibility index (Phi) is 4.77. The predicted octanol–water partition coefficient (Wildman–Crippen LogP) is 2.97. The SMILES string of the molecule is CNC(c1cccnc1)C1CSC(C)C(C)S1. The molecule has 94 valence electrons. The summed E-state index contributed by atoms with van der Waals surface area (Å²) in [7, 11) is 2.05. The van der Waals surface area contributed by atoms with E-state index in [1.54, 1.807) is 0 Å². The zero-order valence-corrected chi connectivity index (χ0v) is 12.2. The van der Waals surface area contributed by atoms with E-state index in [1.165, 1.54) is 11.3 Å². The third kappa shape index (κ3) is 3.18. The van der Waals surface area contributed by atoms with Gasteiger partial charge in [-0.3, -0.25) is 4.98 Å². The summed E-state index contributed by atoms with van der Waals surface area (Å²) < 4.78 is 0. The van der Waals surface area contributed by atoms with E-state index >= 15 is 0 Å². The molecule has 1 aliphatic heterocycles. The maximum atomic E-state index is 4.23. The molecule has 2 rings (SSSR count). The fourth-order valence-electron chi connectivity index (χ4n) is 2.11. The van der Waals surface area contributed by atoms with E-state index in [-0.39, 0.29) is 0 Å². The van der Waals surface area contributed by atoms with Crippen LogP contribution < -0.4 is 5.32 Å². The number of hydrogen-bond acceptors (Lipinski definition) is 4. The first kappa shape index (κ1) is 13.2. The summed E-state index contributed by atoms with van der Waals surface area (Å²) in [4.78, 5) is 4.23. The molecule has 1 aromatic heterocycles. The highest BCUT2D eigenvalue weighted by molar-refractivity contribution is 8.07. The Morgan fingerprint density at radius 1 is 1.41 bits per heavy atom. The van der Waals surface area contributed by atoms with Crippen LogP contribution in [0.15, 0.2) is 24.5 Å². The Morgan fingerprint density at radius 2 is 2.24 bits per heavy atom. The van der Waals surface area contributed by atoms with Gasteiger partial charge in [-0.2, -0.15) is 23.5 Å². The summed E-state index contributed by atoms with van der Waals surface area (Å²) in [5.74, 6) is 1.22. The van der Waals surface area contributed by atoms with Crippen molar-refractivity contribution in [2.75, 3.05) is 12.8 Å².